The van der Waals surface area contributed by atoms with Gasteiger partial charge in [-0.1, -0.05) is 0 Å². The number of nitrogens with zero attached hydrogens (tertiary/aromatic N) is 2. The third-order valence-corrected chi connectivity index (χ3v) is 4.26. The maximum Gasteiger partial charge on any atom is 0.282 e. The lowest BCUT2D eigenvalue weighted by atomic mass is 10.3. The molecule has 104 valence electrons. The average Bonchev–Trinajstić information content (AvgIpc) is 2.42. The molecular weight excluding hydrogens is 397 g/mol. The van der Waals surface area contributed by atoms with Crippen molar-refractivity contribution in [2.24, 2.45) is 0 Å². The van der Waals surface area contributed by atoms with Gasteiger partial charge in [0, 0.05) is 5.69 Å². The highest BCUT2D eigenvalue weighted by Gasteiger charge is 2.10. The molecule has 0 spiro atoms. The van der Waals surface area contributed by atoms with Crippen molar-refractivity contribution in [3.8, 4) is 0 Å². The van der Waals surface area contributed by atoms with Crippen molar-refractivity contribution in [1.82, 2.24) is 9.78 Å². The molecule has 0 radical (unpaired) electrons. The molecule has 0 bridgehead atoms. The van der Waals surface area contributed by atoms with Crippen LogP contribution in [0.2, 0.25) is 0 Å². The summed E-state index contributed by atoms with van der Waals surface area (Å²) in [7, 11) is 0. The van der Waals surface area contributed by atoms with E-state index in [1.165, 1.54) is 30.5 Å². The van der Waals surface area contributed by atoms with Gasteiger partial charge in [0.25, 0.3) is 5.56 Å². The first-order valence-electron chi connectivity index (χ1n) is 5.44. The predicted molar refractivity (Wildman–Crippen MR) is 78.9 cm³/mol. The van der Waals surface area contributed by atoms with Gasteiger partial charge in [-0.15, -0.1) is 0 Å². The van der Waals surface area contributed by atoms with Gasteiger partial charge in [-0.3, -0.25) is 9.59 Å². The smallest absolute Gasteiger partial charge is 0.282 e. The van der Waals surface area contributed by atoms with Crippen LogP contribution in [-0.2, 0) is 11.3 Å². The van der Waals surface area contributed by atoms with Crippen LogP contribution in [0.5, 0.6) is 0 Å². The lowest BCUT2D eigenvalue weighted by Crippen LogP contribution is -2.30. The quantitative estimate of drug-likeness (QED) is 0.854. The molecular formula is C12H8Br2FN3O2. The number of anilines is 1. The van der Waals surface area contributed by atoms with E-state index < -0.39 is 17.3 Å². The number of aromatic nitrogens is 2. The van der Waals surface area contributed by atoms with Crippen molar-refractivity contribution < 1.29 is 9.18 Å². The van der Waals surface area contributed by atoms with Crippen molar-refractivity contribution in [3.05, 3.63) is 55.6 Å². The fourth-order valence-electron chi connectivity index (χ4n) is 1.43. The molecule has 1 amide bonds. The van der Waals surface area contributed by atoms with Crippen LogP contribution in [0.3, 0.4) is 0 Å². The second-order valence-electron chi connectivity index (χ2n) is 3.82. The van der Waals surface area contributed by atoms with Crippen LogP contribution in [0, 0.1) is 5.82 Å². The van der Waals surface area contributed by atoms with E-state index in [2.05, 4.69) is 42.3 Å². The number of halogens is 3. The Kier molecular flexibility index (Phi) is 4.66. The number of rotatable bonds is 3. The Balaban J connectivity index is 2.11. The maximum atomic E-state index is 12.7. The molecule has 0 aliphatic carbocycles. The number of carbonyl (C=O) groups is 1. The first-order chi connectivity index (χ1) is 9.47. The SMILES string of the molecule is O=C(Cn1ncc(Br)c(Br)c1=O)Nc1ccc(F)cc1. The molecule has 1 heterocycles. The maximum absolute atomic E-state index is 12.7. The lowest BCUT2D eigenvalue weighted by Gasteiger charge is -2.07. The Morgan fingerprint density at radius 1 is 1.30 bits per heavy atom. The molecule has 1 N–H and O–H groups in total. The summed E-state index contributed by atoms with van der Waals surface area (Å²) in [6.45, 7) is -0.234. The molecule has 0 aliphatic heterocycles. The Morgan fingerprint density at radius 2 is 1.95 bits per heavy atom. The molecule has 0 saturated heterocycles. The summed E-state index contributed by atoms with van der Waals surface area (Å²) in [5, 5.41) is 6.39. The molecule has 8 heteroatoms. The van der Waals surface area contributed by atoms with E-state index in [9.17, 15) is 14.0 Å². The Morgan fingerprint density at radius 3 is 2.60 bits per heavy atom. The zero-order chi connectivity index (χ0) is 14.7. The van der Waals surface area contributed by atoms with Gasteiger partial charge in [0.15, 0.2) is 0 Å². The van der Waals surface area contributed by atoms with Gasteiger partial charge in [-0.25, -0.2) is 9.07 Å². The third kappa shape index (κ3) is 3.51. The van der Waals surface area contributed by atoms with E-state index in [0.29, 0.717) is 14.6 Å². The number of amides is 1. The number of hydrogen-bond donors (Lipinski definition) is 1. The van der Waals surface area contributed by atoms with E-state index in [4.69, 9.17) is 0 Å². The molecule has 0 aliphatic rings. The highest BCUT2D eigenvalue weighted by molar-refractivity contribution is 9.13. The fourth-order valence-corrected chi connectivity index (χ4v) is 2.00. The van der Waals surface area contributed by atoms with E-state index in [1.54, 1.807) is 0 Å². The zero-order valence-electron chi connectivity index (χ0n) is 9.94. The fraction of sp³-hybridized carbons (Fsp3) is 0.0833. The van der Waals surface area contributed by atoms with Crippen molar-refractivity contribution in [2.45, 2.75) is 6.54 Å². The Labute approximate surface area is 130 Å². The molecule has 0 unspecified atom stereocenters. The van der Waals surface area contributed by atoms with Crippen molar-refractivity contribution in [1.29, 1.82) is 0 Å². The Hall–Kier alpha value is -1.54. The van der Waals surface area contributed by atoms with Crippen LogP contribution in [0.1, 0.15) is 0 Å². The van der Waals surface area contributed by atoms with Crippen LogP contribution in [0.25, 0.3) is 0 Å². The van der Waals surface area contributed by atoms with Crippen molar-refractivity contribution in [3.63, 3.8) is 0 Å². The summed E-state index contributed by atoms with van der Waals surface area (Å²) in [4.78, 5) is 23.6. The number of benzene rings is 1. The summed E-state index contributed by atoms with van der Waals surface area (Å²) in [6, 6.07) is 5.33. The van der Waals surface area contributed by atoms with Gasteiger partial charge in [-0.05, 0) is 56.1 Å². The van der Waals surface area contributed by atoms with Crippen LogP contribution in [-0.4, -0.2) is 15.7 Å². The monoisotopic (exact) mass is 403 g/mol. The average molecular weight is 405 g/mol. The van der Waals surface area contributed by atoms with Crippen LogP contribution in [0.4, 0.5) is 10.1 Å². The highest BCUT2D eigenvalue weighted by Crippen LogP contribution is 2.16. The van der Waals surface area contributed by atoms with Gasteiger partial charge in [0.1, 0.15) is 16.8 Å². The Bertz CT molecular complexity index is 701. The van der Waals surface area contributed by atoms with E-state index in [-0.39, 0.29) is 6.54 Å². The summed E-state index contributed by atoms with van der Waals surface area (Å²) >= 11 is 6.25. The van der Waals surface area contributed by atoms with Crippen molar-refractivity contribution in [2.75, 3.05) is 5.32 Å². The molecule has 20 heavy (non-hydrogen) atoms. The van der Waals surface area contributed by atoms with Crippen LogP contribution >= 0.6 is 31.9 Å². The van der Waals surface area contributed by atoms with Gasteiger partial charge in [0.05, 0.1) is 10.7 Å². The molecule has 1 aromatic heterocycles. The van der Waals surface area contributed by atoms with Crippen LogP contribution < -0.4 is 10.9 Å². The molecule has 1 aromatic carbocycles. The van der Waals surface area contributed by atoms with Crippen molar-refractivity contribution >= 4 is 43.5 Å². The summed E-state index contributed by atoms with van der Waals surface area (Å²) in [6.07, 6.45) is 1.41. The van der Waals surface area contributed by atoms with Gasteiger partial charge >= 0.3 is 0 Å². The first kappa shape index (κ1) is 14.9. The van der Waals surface area contributed by atoms with Crippen LogP contribution in [0.15, 0.2) is 44.2 Å². The predicted octanol–water partition coefficient (Wildman–Crippen LogP) is 2.55. The minimum atomic E-state index is -0.430. The first-order valence-corrected chi connectivity index (χ1v) is 7.02. The van der Waals surface area contributed by atoms with E-state index in [1.807, 2.05) is 0 Å². The number of hydrogen-bond acceptors (Lipinski definition) is 3. The topological polar surface area (TPSA) is 64.0 Å². The molecule has 0 saturated carbocycles. The normalized spacial score (nSPS) is 10.3. The molecule has 2 rings (SSSR count). The minimum Gasteiger partial charge on any atom is -0.324 e. The van der Waals surface area contributed by atoms with E-state index >= 15 is 0 Å². The summed E-state index contributed by atoms with van der Waals surface area (Å²) < 4.78 is 14.6. The second-order valence-corrected chi connectivity index (χ2v) is 5.47. The molecule has 0 atom stereocenters. The number of carbonyl (C=O) groups excluding carboxylic acids is 1. The third-order valence-electron chi connectivity index (χ3n) is 2.36. The largest absolute Gasteiger partial charge is 0.324 e. The van der Waals surface area contributed by atoms with Gasteiger partial charge in [0.2, 0.25) is 5.91 Å². The van der Waals surface area contributed by atoms with Gasteiger partial charge < -0.3 is 5.32 Å². The standard InChI is InChI=1S/C12H8Br2FN3O2/c13-9-5-16-18(12(20)11(9)14)6-10(19)17-8-3-1-7(15)2-4-8/h1-5H,6H2,(H,17,19). The minimum absolute atomic E-state index is 0.234. The van der Waals surface area contributed by atoms with Gasteiger partial charge in [-0.2, -0.15) is 5.10 Å². The summed E-state index contributed by atoms with van der Waals surface area (Å²) in [5.74, 6) is -0.821. The molecule has 2 aromatic rings. The zero-order valence-corrected chi connectivity index (χ0v) is 13.1. The number of nitrogens with one attached hydrogen (secondary N) is 1. The lowest BCUT2D eigenvalue weighted by molar-refractivity contribution is -0.117. The molecule has 5 nitrogen and oxygen atoms in total. The highest BCUT2D eigenvalue weighted by atomic mass is 79.9. The van der Waals surface area contributed by atoms with E-state index in [0.717, 1.165) is 4.68 Å². The summed E-state index contributed by atoms with van der Waals surface area (Å²) in [5.41, 5.74) is 0.0225. The molecule has 0 fully saturated rings. The second kappa shape index (κ2) is 6.27.